The van der Waals surface area contributed by atoms with Gasteiger partial charge in [-0.1, -0.05) is 6.92 Å². The summed E-state index contributed by atoms with van der Waals surface area (Å²) in [6, 6.07) is 2.30. The smallest absolute Gasteiger partial charge is 0.158 e. The van der Waals surface area contributed by atoms with Crippen molar-refractivity contribution in [2.45, 2.75) is 32.9 Å². The average Bonchev–Trinajstić information content (AvgIpc) is 2.49. The van der Waals surface area contributed by atoms with E-state index in [9.17, 15) is 0 Å². The van der Waals surface area contributed by atoms with Crippen molar-refractivity contribution in [1.82, 2.24) is 9.97 Å². The first-order chi connectivity index (χ1) is 9.65. The van der Waals surface area contributed by atoms with E-state index in [4.69, 9.17) is 10.6 Å². The molecule has 6 nitrogen and oxygen atoms in total. The summed E-state index contributed by atoms with van der Waals surface area (Å²) in [5.41, 5.74) is 2.59. The van der Waals surface area contributed by atoms with E-state index >= 15 is 0 Å². The van der Waals surface area contributed by atoms with Gasteiger partial charge >= 0.3 is 0 Å². The van der Waals surface area contributed by atoms with Gasteiger partial charge in [-0.3, -0.25) is 0 Å². The summed E-state index contributed by atoms with van der Waals surface area (Å²) >= 11 is 1.84. The largest absolute Gasteiger partial charge is 0.374 e. The van der Waals surface area contributed by atoms with Gasteiger partial charge in [-0.15, -0.1) is 0 Å². The van der Waals surface area contributed by atoms with E-state index in [0.29, 0.717) is 30.9 Å². The second-order valence-corrected chi connectivity index (χ2v) is 5.35. The molecule has 20 heavy (non-hydrogen) atoms. The molecule has 1 unspecified atom stereocenters. The Labute approximate surface area is 125 Å². The number of nitrogens with zero attached hydrogens (tertiary/aromatic N) is 3. The van der Waals surface area contributed by atoms with Gasteiger partial charge in [0.05, 0.1) is 0 Å². The molecule has 1 heterocycles. The Morgan fingerprint density at radius 3 is 2.75 bits per heavy atom. The van der Waals surface area contributed by atoms with Crippen molar-refractivity contribution in [3.8, 4) is 0 Å². The van der Waals surface area contributed by atoms with Crippen LogP contribution in [0.2, 0.25) is 0 Å². The SMILES string of the molecule is CCOCc1nc(NN)cc(N(C)C(CC)CSC)n1. The van der Waals surface area contributed by atoms with Crippen LogP contribution in [-0.4, -0.2) is 41.7 Å². The summed E-state index contributed by atoms with van der Waals surface area (Å²) in [6.07, 6.45) is 3.18. The van der Waals surface area contributed by atoms with Crippen LogP contribution in [0, 0.1) is 0 Å². The number of nitrogen functional groups attached to an aromatic ring is 1. The molecular weight excluding hydrogens is 274 g/mol. The summed E-state index contributed by atoms with van der Waals surface area (Å²) in [4.78, 5) is 11.0. The first kappa shape index (κ1) is 17.0. The number of aromatic nitrogens is 2. The van der Waals surface area contributed by atoms with Gasteiger partial charge in [0.1, 0.15) is 18.2 Å². The van der Waals surface area contributed by atoms with Gasteiger partial charge < -0.3 is 15.1 Å². The first-order valence-corrected chi connectivity index (χ1v) is 8.19. The standard InChI is InChI=1S/C13H25N5OS/c1-5-10(9-20-4)18(3)13-7-11(17-14)15-12(16-13)8-19-6-2/h7,10H,5-6,8-9,14H2,1-4H3,(H,15,16,17). The maximum atomic E-state index is 5.48. The van der Waals surface area contributed by atoms with Crippen molar-refractivity contribution in [3.63, 3.8) is 0 Å². The lowest BCUT2D eigenvalue weighted by Crippen LogP contribution is -2.34. The maximum absolute atomic E-state index is 5.48. The van der Waals surface area contributed by atoms with E-state index in [1.165, 1.54) is 0 Å². The zero-order valence-corrected chi connectivity index (χ0v) is 13.5. The number of anilines is 2. The molecular formula is C13H25N5OS. The Morgan fingerprint density at radius 1 is 1.45 bits per heavy atom. The monoisotopic (exact) mass is 299 g/mol. The fourth-order valence-electron chi connectivity index (χ4n) is 1.88. The Balaban J connectivity index is 2.96. The second kappa shape index (κ2) is 8.99. The van der Waals surface area contributed by atoms with E-state index in [2.05, 4.69) is 40.5 Å². The minimum absolute atomic E-state index is 0.395. The molecule has 3 N–H and O–H groups in total. The number of hydrazine groups is 1. The summed E-state index contributed by atoms with van der Waals surface area (Å²) in [6.45, 7) is 5.16. The fourth-order valence-corrected chi connectivity index (χ4v) is 2.72. The third-order valence-corrected chi connectivity index (χ3v) is 3.80. The molecule has 1 aromatic heterocycles. The topological polar surface area (TPSA) is 76.3 Å². The zero-order chi connectivity index (χ0) is 15.0. The van der Waals surface area contributed by atoms with Crippen molar-refractivity contribution in [1.29, 1.82) is 0 Å². The first-order valence-electron chi connectivity index (χ1n) is 6.80. The number of rotatable bonds is 9. The van der Waals surface area contributed by atoms with Gasteiger partial charge in [-0.25, -0.2) is 15.8 Å². The average molecular weight is 299 g/mol. The van der Waals surface area contributed by atoms with Crippen molar-refractivity contribution in [2.24, 2.45) is 5.84 Å². The molecule has 0 aliphatic heterocycles. The highest BCUT2D eigenvalue weighted by molar-refractivity contribution is 7.98. The van der Waals surface area contributed by atoms with E-state index in [-0.39, 0.29) is 0 Å². The normalized spacial score (nSPS) is 12.2. The van der Waals surface area contributed by atoms with Crippen LogP contribution in [0.5, 0.6) is 0 Å². The third-order valence-electron chi connectivity index (χ3n) is 3.08. The summed E-state index contributed by atoms with van der Waals surface area (Å²) < 4.78 is 5.37. The molecule has 1 rings (SSSR count). The van der Waals surface area contributed by atoms with Crippen LogP contribution >= 0.6 is 11.8 Å². The summed E-state index contributed by atoms with van der Waals surface area (Å²) in [5.74, 6) is 8.65. The predicted octanol–water partition coefficient (Wildman–Crippen LogP) is 1.88. The molecule has 7 heteroatoms. The Hall–Kier alpha value is -1.05. The van der Waals surface area contributed by atoms with E-state index in [1.807, 2.05) is 24.8 Å². The van der Waals surface area contributed by atoms with Crippen LogP contribution in [0.15, 0.2) is 6.07 Å². The molecule has 0 spiro atoms. The number of nitrogens with two attached hydrogens (primary N) is 1. The molecule has 0 aromatic carbocycles. The molecule has 0 amide bonds. The third kappa shape index (κ3) is 4.81. The van der Waals surface area contributed by atoms with Crippen LogP contribution in [-0.2, 0) is 11.3 Å². The Bertz CT molecular complexity index is 404. The van der Waals surface area contributed by atoms with Crippen LogP contribution < -0.4 is 16.2 Å². The predicted molar refractivity (Wildman–Crippen MR) is 86.0 cm³/mol. The Morgan fingerprint density at radius 2 is 2.20 bits per heavy atom. The highest BCUT2D eigenvalue weighted by atomic mass is 32.2. The number of nitrogens with one attached hydrogen (secondary N) is 1. The Kier molecular flexibility index (Phi) is 7.64. The lowest BCUT2D eigenvalue weighted by molar-refractivity contribution is 0.128. The van der Waals surface area contributed by atoms with Gasteiger partial charge in [0, 0.05) is 31.5 Å². The highest BCUT2D eigenvalue weighted by Crippen LogP contribution is 2.19. The van der Waals surface area contributed by atoms with Crippen molar-refractivity contribution < 1.29 is 4.74 Å². The number of hydrogen-bond acceptors (Lipinski definition) is 7. The zero-order valence-electron chi connectivity index (χ0n) is 12.7. The second-order valence-electron chi connectivity index (χ2n) is 4.44. The van der Waals surface area contributed by atoms with E-state index in [1.54, 1.807) is 0 Å². The van der Waals surface area contributed by atoms with Gasteiger partial charge in [-0.05, 0) is 19.6 Å². The van der Waals surface area contributed by atoms with Crippen LogP contribution in [0.4, 0.5) is 11.6 Å². The molecule has 0 aliphatic carbocycles. The van der Waals surface area contributed by atoms with E-state index in [0.717, 1.165) is 18.0 Å². The number of thioether (sulfide) groups is 1. The fraction of sp³-hybridized carbons (Fsp3) is 0.692. The van der Waals surface area contributed by atoms with Crippen LogP contribution in [0.1, 0.15) is 26.1 Å². The van der Waals surface area contributed by atoms with Crippen LogP contribution in [0.25, 0.3) is 0 Å². The quantitative estimate of drug-likeness (QED) is 0.532. The van der Waals surface area contributed by atoms with Gasteiger partial charge in [0.15, 0.2) is 5.82 Å². The number of hydrogen-bond donors (Lipinski definition) is 2. The van der Waals surface area contributed by atoms with Crippen molar-refractivity contribution >= 4 is 23.4 Å². The van der Waals surface area contributed by atoms with Gasteiger partial charge in [-0.2, -0.15) is 11.8 Å². The molecule has 1 aromatic rings. The van der Waals surface area contributed by atoms with Gasteiger partial charge in [0.2, 0.25) is 0 Å². The molecule has 0 fully saturated rings. The lowest BCUT2D eigenvalue weighted by atomic mass is 10.2. The van der Waals surface area contributed by atoms with Crippen molar-refractivity contribution in [3.05, 3.63) is 11.9 Å². The minimum Gasteiger partial charge on any atom is -0.374 e. The maximum Gasteiger partial charge on any atom is 0.158 e. The molecule has 0 aliphatic rings. The molecule has 0 saturated heterocycles. The summed E-state index contributed by atoms with van der Waals surface area (Å²) in [5, 5.41) is 0. The molecule has 0 radical (unpaired) electrons. The molecule has 114 valence electrons. The molecule has 0 saturated carbocycles. The van der Waals surface area contributed by atoms with E-state index < -0.39 is 0 Å². The van der Waals surface area contributed by atoms with Crippen molar-refractivity contribution in [2.75, 3.05) is 36.0 Å². The van der Waals surface area contributed by atoms with Crippen LogP contribution in [0.3, 0.4) is 0 Å². The number of ether oxygens (including phenoxy) is 1. The lowest BCUT2D eigenvalue weighted by Gasteiger charge is -2.28. The highest BCUT2D eigenvalue weighted by Gasteiger charge is 2.16. The summed E-state index contributed by atoms with van der Waals surface area (Å²) in [7, 11) is 2.05. The minimum atomic E-state index is 0.395. The van der Waals surface area contributed by atoms with Gasteiger partial charge in [0.25, 0.3) is 0 Å². The molecule has 0 bridgehead atoms. The molecule has 1 atom stereocenters.